The molecular formula is C10H11FN2O. The molecule has 1 rings (SSSR count). The Kier molecular flexibility index (Phi) is 3.89. The molecule has 0 fully saturated rings. The molecule has 2 N–H and O–H groups in total. The first kappa shape index (κ1) is 10.5. The Morgan fingerprint density at radius 2 is 2.36 bits per heavy atom. The number of hydrogen-bond acceptors (Lipinski definition) is 3. The number of benzene rings is 1. The molecule has 0 aliphatic rings. The smallest absolute Gasteiger partial charge is 0.126 e. The summed E-state index contributed by atoms with van der Waals surface area (Å²) in [4.78, 5) is 0. The Labute approximate surface area is 81.9 Å². The van der Waals surface area contributed by atoms with Crippen molar-refractivity contribution in [2.24, 2.45) is 5.73 Å². The van der Waals surface area contributed by atoms with Crippen molar-refractivity contribution in [3.05, 3.63) is 30.1 Å². The van der Waals surface area contributed by atoms with E-state index in [1.165, 1.54) is 12.1 Å². The zero-order valence-corrected chi connectivity index (χ0v) is 7.61. The molecule has 0 aliphatic carbocycles. The van der Waals surface area contributed by atoms with Gasteiger partial charge in [0, 0.05) is 6.07 Å². The number of nitrogens with zero attached hydrogens (tertiary/aromatic N) is 1. The van der Waals surface area contributed by atoms with Crippen LogP contribution < -0.4 is 10.5 Å². The van der Waals surface area contributed by atoms with Gasteiger partial charge in [-0.3, -0.25) is 0 Å². The Bertz CT molecular complexity index is 335. The third-order valence-corrected chi connectivity index (χ3v) is 1.61. The molecule has 0 aliphatic heterocycles. The van der Waals surface area contributed by atoms with E-state index in [1.54, 1.807) is 12.1 Å². The van der Waals surface area contributed by atoms with Crippen LogP contribution in [0.3, 0.4) is 0 Å². The molecule has 74 valence electrons. The van der Waals surface area contributed by atoms with E-state index < -0.39 is 0 Å². The number of hydrogen-bond donors (Lipinski definition) is 1. The van der Waals surface area contributed by atoms with Gasteiger partial charge < -0.3 is 10.5 Å². The predicted molar refractivity (Wildman–Crippen MR) is 50.1 cm³/mol. The summed E-state index contributed by atoms with van der Waals surface area (Å²) in [6.07, 6.45) is 0.231. The van der Waals surface area contributed by atoms with Crippen LogP contribution in [0.2, 0.25) is 0 Å². The van der Waals surface area contributed by atoms with E-state index in [4.69, 9.17) is 15.7 Å². The average molecular weight is 194 g/mol. The van der Waals surface area contributed by atoms with Crippen LogP contribution in [0.25, 0.3) is 0 Å². The highest BCUT2D eigenvalue weighted by atomic mass is 19.1. The van der Waals surface area contributed by atoms with E-state index in [-0.39, 0.29) is 24.9 Å². The second kappa shape index (κ2) is 5.20. The molecule has 0 aromatic heterocycles. The van der Waals surface area contributed by atoms with Crippen LogP contribution in [-0.4, -0.2) is 12.6 Å². The van der Waals surface area contributed by atoms with Crippen molar-refractivity contribution in [1.29, 1.82) is 5.26 Å². The standard InChI is InChI=1S/C10H11FN2O/c11-8-2-1-3-10(6-8)14-7-9(13)4-5-12/h1-3,6,9H,4,7,13H2. The molecule has 4 heteroatoms. The number of ether oxygens (including phenoxy) is 1. The summed E-state index contributed by atoms with van der Waals surface area (Å²) >= 11 is 0. The third kappa shape index (κ3) is 3.42. The Morgan fingerprint density at radius 3 is 3.00 bits per heavy atom. The second-order valence-electron chi connectivity index (χ2n) is 2.89. The zero-order valence-electron chi connectivity index (χ0n) is 7.61. The van der Waals surface area contributed by atoms with Gasteiger partial charge >= 0.3 is 0 Å². The lowest BCUT2D eigenvalue weighted by molar-refractivity contribution is 0.288. The summed E-state index contributed by atoms with van der Waals surface area (Å²) in [5, 5.41) is 8.33. The minimum Gasteiger partial charge on any atom is -0.492 e. The topological polar surface area (TPSA) is 59.0 Å². The van der Waals surface area contributed by atoms with Gasteiger partial charge in [0.2, 0.25) is 0 Å². The number of rotatable bonds is 4. The molecule has 0 bridgehead atoms. The molecule has 0 radical (unpaired) electrons. The third-order valence-electron chi connectivity index (χ3n) is 1.61. The Morgan fingerprint density at radius 1 is 1.57 bits per heavy atom. The molecule has 14 heavy (non-hydrogen) atoms. The summed E-state index contributed by atoms with van der Waals surface area (Å²) in [6, 6.07) is 7.42. The van der Waals surface area contributed by atoms with Crippen molar-refractivity contribution in [2.45, 2.75) is 12.5 Å². The van der Waals surface area contributed by atoms with Crippen molar-refractivity contribution in [1.82, 2.24) is 0 Å². The van der Waals surface area contributed by atoms with Gasteiger partial charge in [-0.1, -0.05) is 6.07 Å². The number of nitrogens with two attached hydrogens (primary N) is 1. The van der Waals surface area contributed by atoms with E-state index >= 15 is 0 Å². The van der Waals surface area contributed by atoms with Crippen LogP contribution in [0.5, 0.6) is 5.75 Å². The van der Waals surface area contributed by atoms with Gasteiger partial charge in [-0.2, -0.15) is 5.26 Å². The quantitative estimate of drug-likeness (QED) is 0.789. The van der Waals surface area contributed by atoms with Gasteiger partial charge in [0.1, 0.15) is 18.2 Å². The van der Waals surface area contributed by atoms with Gasteiger partial charge in [0.15, 0.2) is 0 Å². The maximum atomic E-state index is 12.7. The van der Waals surface area contributed by atoms with Crippen molar-refractivity contribution < 1.29 is 9.13 Å². The molecule has 0 spiro atoms. The Balaban J connectivity index is 2.42. The molecule has 1 aromatic rings. The molecule has 3 nitrogen and oxygen atoms in total. The molecule has 1 unspecified atom stereocenters. The number of nitriles is 1. The first-order valence-electron chi connectivity index (χ1n) is 4.23. The lowest BCUT2D eigenvalue weighted by atomic mass is 10.2. The second-order valence-corrected chi connectivity index (χ2v) is 2.89. The maximum Gasteiger partial charge on any atom is 0.126 e. The largest absolute Gasteiger partial charge is 0.492 e. The summed E-state index contributed by atoms with van der Waals surface area (Å²) in [5.41, 5.74) is 5.53. The van der Waals surface area contributed by atoms with Crippen molar-refractivity contribution >= 4 is 0 Å². The normalized spacial score (nSPS) is 11.8. The van der Waals surface area contributed by atoms with Crippen LogP contribution in [0, 0.1) is 17.1 Å². The van der Waals surface area contributed by atoms with Crippen LogP contribution in [0.15, 0.2) is 24.3 Å². The van der Waals surface area contributed by atoms with E-state index in [0.717, 1.165) is 0 Å². The number of halogens is 1. The van der Waals surface area contributed by atoms with Crippen molar-refractivity contribution in [3.63, 3.8) is 0 Å². The van der Waals surface area contributed by atoms with Gasteiger partial charge in [-0.05, 0) is 12.1 Å². The minimum absolute atomic E-state index is 0.219. The van der Waals surface area contributed by atoms with Crippen LogP contribution in [-0.2, 0) is 0 Å². The summed E-state index contributed by atoms with van der Waals surface area (Å²) in [6.45, 7) is 0.219. The van der Waals surface area contributed by atoms with Crippen LogP contribution in [0.4, 0.5) is 4.39 Å². The predicted octanol–water partition coefficient (Wildman–Crippen LogP) is 1.45. The fourth-order valence-electron chi connectivity index (χ4n) is 0.936. The molecule has 0 saturated heterocycles. The molecule has 0 saturated carbocycles. The SMILES string of the molecule is N#CCC(N)COc1cccc(F)c1. The molecular weight excluding hydrogens is 183 g/mol. The average Bonchev–Trinajstić information content (AvgIpc) is 2.15. The van der Waals surface area contributed by atoms with E-state index in [2.05, 4.69) is 0 Å². The van der Waals surface area contributed by atoms with Crippen LogP contribution >= 0.6 is 0 Å². The fraction of sp³-hybridized carbons (Fsp3) is 0.300. The fourth-order valence-corrected chi connectivity index (χ4v) is 0.936. The van der Waals surface area contributed by atoms with E-state index in [1.807, 2.05) is 6.07 Å². The minimum atomic E-state index is -0.351. The summed E-state index contributed by atoms with van der Waals surface area (Å²) in [5.74, 6) is 0.0785. The first-order valence-corrected chi connectivity index (χ1v) is 4.23. The van der Waals surface area contributed by atoms with Gasteiger partial charge in [0.05, 0.1) is 18.5 Å². The lowest BCUT2D eigenvalue weighted by Crippen LogP contribution is -2.27. The van der Waals surface area contributed by atoms with Crippen molar-refractivity contribution in [3.8, 4) is 11.8 Å². The van der Waals surface area contributed by atoms with Gasteiger partial charge in [0.25, 0.3) is 0 Å². The van der Waals surface area contributed by atoms with E-state index in [0.29, 0.717) is 5.75 Å². The molecule has 1 aromatic carbocycles. The summed E-state index contributed by atoms with van der Waals surface area (Å²) in [7, 11) is 0. The van der Waals surface area contributed by atoms with Crippen LogP contribution in [0.1, 0.15) is 6.42 Å². The lowest BCUT2D eigenvalue weighted by Gasteiger charge is -2.09. The van der Waals surface area contributed by atoms with E-state index in [9.17, 15) is 4.39 Å². The van der Waals surface area contributed by atoms with Gasteiger partial charge in [-0.15, -0.1) is 0 Å². The van der Waals surface area contributed by atoms with Gasteiger partial charge in [-0.25, -0.2) is 4.39 Å². The first-order chi connectivity index (χ1) is 6.72. The monoisotopic (exact) mass is 194 g/mol. The van der Waals surface area contributed by atoms with Crippen molar-refractivity contribution in [2.75, 3.05) is 6.61 Å². The Hall–Kier alpha value is -1.60. The zero-order chi connectivity index (χ0) is 10.4. The molecule has 0 amide bonds. The summed E-state index contributed by atoms with van der Waals surface area (Å²) < 4.78 is 17.9. The maximum absolute atomic E-state index is 12.7. The highest BCUT2D eigenvalue weighted by molar-refractivity contribution is 5.22. The molecule has 0 heterocycles. The highest BCUT2D eigenvalue weighted by Gasteiger charge is 2.02. The molecule has 1 atom stereocenters. The highest BCUT2D eigenvalue weighted by Crippen LogP contribution is 2.11.